The average Bonchev–Trinajstić information content (AvgIpc) is 2.64. The molecule has 0 bridgehead atoms. The number of halogens is 1. The minimum atomic E-state index is -3.94. The van der Waals surface area contributed by atoms with Gasteiger partial charge >= 0.3 is 0 Å². The maximum absolute atomic E-state index is 13.3. The van der Waals surface area contributed by atoms with Gasteiger partial charge in [-0.2, -0.15) is 0 Å². The molecule has 1 aromatic heterocycles. The van der Waals surface area contributed by atoms with Crippen LogP contribution in [0.4, 0.5) is 16.0 Å². The van der Waals surface area contributed by atoms with Gasteiger partial charge in [-0.3, -0.25) is 0 Å². The molecule has 19 heavy (non-hydrogen) atoms. The summed E-state index contributed by atoms with van der Waals surface area (Å²) in [5, 5.41) is 3.63. The van der Waals surface area contributed by atoms with Gasteiger partial charge < -0.3 is 10.3 Å². The molecule has 2 rings (SSSR count). The highest BCUT2D eigenvalue weighted by Gasteiger charge is 2.20. The molecule has 3 N–H and O–H groups in total. The Kier molecular flexibility index (Phi) is 3.19. The van der Waals surface area contributed by atoms with E-state index in [0.29, 0.717) is 11.3 Å². The molecule has 0 unspecified atom stereocenters. The number of hydrogen-bond acceptors (Lipinski definition) is 5. The summed E-state index contributed by atoms with van der Waals surface area (Å²) in [5.41, 5.74) is 6.31. The number of nitrogens with two attached hydrogens (primary N) is 1. The lowest BCUT2D eigenvalue weighted by Crippen LogP contribution is -2.13. The molecular formula is C11H12FN3O3S. The molecule has 0 aliphatic heterocycles. The molecule has 102 valence electrons. The third-order valence-electron chi connectivity index (χ3n) is 2.67. The zero-order valence-electron chi connectivity index (χ0n) is 10.3. The molecule has 2 aromatic rings. The Labute approximate surface area is 109 Å². The number of anilines is 2. The van der Waals surface area contributed by atoms with Gasteiger partial charge in [0.15, 0.2) is 0 Å². The fourth-order valence-corrected chi connectivity index (χ4v) is 2.42. The van der Waals surface area contributed by atoms with Gasteiger partial charge in [0.2, 0.25) is 5.88 Å². The van der Waals surface area contributed by atoms with Gasteiger partial charge in [-0.25, -0.2) is 17.5 Å². The second-order valence-corrected chi connectivity index (χ2v) is 5.69. The van der Waals surface area contributed by atoms with E-state index in [-0.39, 0.29) is 16.5 Å². The monoisotopic (exact) mass is 285 g/mol. The highest BCUT2D eigenvalue weighted by atomic mass is 32.2. The molecule has 0 saturated carbocycles. The lowest BCUT2D eigenvalue weighted by atomic mass is 10.3. The number of aromatic nitrogens is 1. The molecular weight excluding hydrogens is 273 g/mol. The van der Waals surface area contributed by atoms with E-state index in [0.717, 1.165) is 6.07 Å². The Balaban J connectivity index is 2.37. The van der Waals surface area contributed by atoms with E-state index in [1.807, 2.05) is 0 Å². The summed E-state index contributed by atoms with van der Waals surface area (Å²) in [4.78, 5) is -0.243. The Bertz CT molecular complexity index is 725. The van der Waals surface area contributed by atoms with Crippen LogP contribution in [0.1, 0.15) is 11.3 Å². The summed E-state index contributed by atoms with van der Waals surface area (Å²) in [6.45, 7) is 3.34. The van der Waals surface area contributed by atoms with Gasteiger partial charge in [-0.15, -0.1) is 0 Å². The molecule has 0 atom stereocenters. The molecule has 1 aromatic carbocycles. The van der Waals surface area contributed by atoms with Crippen LogP contribution in [-0.4, -0.2) is 13.6 Å². The number of rotatable bonds is 3. The van der Waals surface area contributed by atoms with E-state index in [2.05, 4.69) is 9.88 Å². The number of benzene rings is 1. The molecule has 0 spiro atoms. The molecule has 0 aliphatic carbocycles. The van der Waals surface area contributed by atoms with Crippen molar-refractivity contribution in [2.45, 2.75) is 18.7 Å². The third-order valence-corrected chi connectivity index (χ3v) is 4.00. The molecule has 0 amide bonds. The van der Waals surface area contributed by atoms with Crippen molar-refractivity contribution in [3.63, 3.8) is 0 Å². The first-order chi connectivity index (χ1) is 8.81. The van der Waals surface area contributed by atoms with Crippen LogP contribution in [0.15, 0.2) is 27.6 Å². The van der Waals surface area contributed by atoms with Crippen LogP contribution in [0.3, 0.4) is 0 Å². The SMILES string of the molecule is Cc1noc(NS(=O)(=O)c2ccc(N)c(F)c2)c1C. The molecule has 0 radical (unpaired) electrons. The van der Waals surface area contributed by atoms with Crippen LogP contribution >= 0.6 is 0 Å². The number of sulfonamides is 1. The summed E-state index contributed by atoms with van der Waals surface area (Å²) >= 11 is 0. The van der Waals surface area contributed by atoms with Crippen LogP contribution in [0.2, 0.25) is 0 Å². The van der Waals surface area contributed by atoms with Crippen molar-refractivity contribution in [3.8, 4) is 0 Å². The standard InChI is InChI=1S/C11H12FN3O3S/c1-6-7(2)14-18-11(6)15-19(16,17)8-3-4-10(13)9(12)5-8/h3-5,15H,13H2,1-2H3. The van der Waals surface area contributed by atoms with Crippen LogP contribution in [-0.2, 0) is 10.0 Å². The lowest BCUT2D eigenvalue weighted by molar-refractivity contribution is 0.430. The van der Waals surface area contributed by atoms with Gasteiger partial charge in [-0.05, 0) is 32.0 Å². The van der Waals surface area contributed by atoms with Crippen LogP contribution in [0, 0.1) is 19.7 Å². The molecule has 0 aliphatic rings. The van der Waals surface area contributed by atoms with E-state index < -0.39 is 15.8 Å². The molecule has 6 nitrogen and oxygen atoms in total. The van der Waals surface area contributed by atoms with Crippen molar-refractivity contribution >= 4 is 21.6 Å². The Morgan fingerprint density at radius 2 is 2.05 bits per heavy atom. The van der Waals surface area contributed by atoms with Gasteiger partial charge in [0.05, 0.1) is 16.3 Å². The number of nitrogens with one attached hydrogen (secondary N) is 1. The van der Waals surface area contributed by atoms with Gasteiger partial charge in [-0.1, -0.05) is 5.16 Å². The first-order valence-corrected chi connectivity index (χ1v) is 6.80. The highest BCUT2D eigenvalue weighted by Crippen LogP contribution is 2.23. The summed E-state index contributed by atoms with van der Waals surface area (Å²) in [6, 6.07) is 3.23. The summed E-state index contributed by atoms with van der Waals surface area (Å²) in [7, 11) is -3.94. The minimum Gasteiger partial charge on any atom is -0.396 e. The van der Waals surface area contributed by atoms with Crippen molar-refractivity contribution in [1.82, 2.24) is 5.16 Å². The van der Waals surface area contributed by atoms with Crippen LogP contribution < -0.4 is 10.5 Å². The first kappa shape index (κ1) is 13.3. The molecule has 1 heterocycles. The Morgan fingerprint density at radius 1 is 1.37 bits per heavy atom. The zero-order chi connectivity index (χ0) is 14.2. The van der Waals surface area contributed by atoms with E-state index in [1.165, 1.54) is 12.1 Å². The smallest absolute Gasteiger partial charge is 0.264 e. The molecule has 0 fully saturated rings. The highest BCUT2D eigenvalue weighted by molar-refractivity contribution is 7.92. The fourth-order valence-electron chi connectivity index (χ4n) is 1.37. The second kappa shape index (κ2) is 4.54. The topological polar surface area (TPSA) is 98.2 Å². The zero-order valence-corrected chi connectivity index (χ0v) is 11.1. The van der Waals surface area contributed by atoms with Crippen molar-refractivity contribution in [1.29, 1.82) is 0 Å². The van der Waals surface area contributed by atoms with Crippen molar-refractivity contribution in [3.05, 3.63) is 35.3 Å². The summed E-state index contributed by atoms with van der Waals surface area (Å²) in [5.74, 6) is -0.789. The first-order valence-electron chi connectivity index (χ1n) is 5.32. The van der Waals surface area contributed by atoms with Crippen LogP contribution in [0.5, 0.6) is 0 Å². The summed E-state index contributed by atoms with van der Waals surface area (Å²) < 4.78 is 44.4. The molecule has 0 saturated heterocycles. The van der Waals surface area contributed by atoms with E-state index in [4.69, 9.17) is 10.3 Å². The summed E-state index contributed by atoms with van der Waals surface area (Å²) in [6.07, 6.45) is 0. The normalized spacial score (nSPS) is 11.5. The average molecular weight is 285 g/mol. The van der Waals surface area contributed by atoms with Crippen molar-refractivity contribution < 1.29 is 17.3 Å². The maximum Gasteiger partial charge on any atom is 0.264 e. The third kappa shape index (κ3) is 2.53. The van der Waals surface area contributed by atoms with E-state index in [9.17, 15) is 12.8 Å². The van der Waals surface area contributed by atoms with Crippen LogP contribution in [0.25, 0.3) is 0 Å². The Morgan fingerprint density at radius 3 is 2.58 bits per heavy atom. The predicted molar refractivity (Wildman–Crippen MR) is 67.6 cm³/mol. The quantitative estimate of drug-likeness (QED) is 0.838. The van der Waals surface area contributed by atoms with Gasteiger partial charge in [0.25, 0.3) is 10.0 Å². The Hall–Kier alpha value is -2.09. The van der Waals surface area contributed by atoms with Gasteiger partial charge in [0, 0.05) is 5.56 Å². The number of aryl methyl sites for hydroxylation is 1. The van der Waals surface area contributed by atoms with E-state index >= 15 is 0 Å². The lowest BCUT2D eigenvalue weighted by Gasteiger charge is -2.06. The van der Waals surface area contributed by atoms with Crippen molar-refractivity contribution in [2.24, 2.45) is 0 Å². The van der Waals surface area contributed by atoms with Crippen molar-refractivity contribution in [2.75, 3.05) is 10.5 Å². The van der Waals surface area contributed by atoms with Gasteiger partial charge in [0.1, 0.15) is 5.82 Å². The van der Waals surface area contributed by atoms with E-state index in [1.54, 1.807) is 13.8 Å². The second-order valence-electron chi connectivity index (χ2n) is 4.01. The minimum absolute atomic E-state index is 0.00901. The molecule has 8 heteroatoms. The predicted octanol–water partition coefficient (Wildman–Crippen LogP) is 1.81. The number of nitrogens with zero attached hydrogens (tertiary/aromatic N) is 1. The fraction of sp³-hybridized carbons (Fsp3) is 0.182. The number of hydrogen-bond donors (Lipinski definition) is 2. The largest absolute Gasteiger partial charge is 0.396 e. The maximum atomic E-state index is 13.3. The number of nitrogen functional groups attached to an aromatic ring is 1.